The number of hydrogen-bond acceptors (Lipinski definition) is 4. The quantitative estimate of drug-likeness (QED) is 0.789. The molecule has 1 atom stereocenters. The van der Waals surface area contributed by atoms with Gasteiger partial charge in [0, 0.05) is 38.0 Å². The third-order valence-corrected chi connectivity index (χ3v) is 5.55. The molecule has 1 unspecified atom stereocenters. The number of morpholine rings is 1. The van der Waals surface area contributed by atoms with E-state index in [9.17, 15) is 9.90 Å². The SMILES string of the molecule is O=C(CC1(N2CCOCC2)CCCC1)NCC(O)Cc1ccccc1. The first-order valence-electron chi connectivity index (χ1n) is 9.49. The minimum Gasteiger partial charge on any atom is -0.391 e. The van der Waals surface area contributed by atoms with E-state index in [1.165, 1.54) is 12.8 Å². The molecular weight excluding hydrogens is 316 g/mol. The standard InChI is InChI=1S/C20H30N2O3/c23-18(14-17-6-2-1-3-7-17)16-21-19(24)15-20(8-4-5-9-20)22-10-12-25-13-11-22/h1-3,6-7,18,23H,4-5,8-16H2,(H,21,24). The van der Waals surface area contributed by atoms with E-state index in [1.807, 2.05) is 30.3 Å². The van der Waals surface area contributed by atoms with Crippen molar-refractivity contribution in [2.45, 2.75) is 50.2 Å². The predicted octanol–water partition coefficient (Wildman–Crippen LogP) is 1.74. The summed E-state index contributed by atoms with van der Waals surface area (Å²) in [6.45, 7) is 3.68. The van der Waals surface area contributed by atoms with Gasteiger partial charge in [0.2, 0.25) is 5.91 Å². The summed E-state index contributed by atoms with van der Waals surface area (Å²) in [7, 11) is 0. The summed E-state index contributed by atoms with van der Waals surface area (Å²) in [5, 5.41) is 13.1. The highest BCUT2D eigenvalue weighted by molar-refractivity contribution is 5.77. The molecule has 0 bridgehead atoms. The van der Waals surface area contributed by atoms with Gasteiger partial charge in [0.15, 0.2) is 0 Å². The zero-order chi connectivity index (χ0) is 17.5. The van der Waals surface area contributed by atoms with Crippen LogP contribution < -0.4 is 5.32 Å². The van der Waals surface area contributed by atoms with Crippen molar-refractivity contribution in [3.8, 4) is 0 Å². The first-order valence-corrected chi connectivity index (χ1v) is 9.49. The number of hydrogen-bond donors (Lipinski definition) is 2. The molecule has 1 aliphatic heterocycles. The average molecular weight is 346 g/mol. The van der Waals surface area contributed by atoms with Gasteiger partial charge in [-0.25, -0.2) is 0 Å². The molecule has 1 aromatic rings. The Hall–Kier alpha value is -1.43. The van der Waals surface area contributed by atoms with Crippen LogP contribution in [-0.2, 0) is 16.0 Å². The van der Waals surface area contributed by atoms with Crippen molar-refractivity contribution in [2.75, 3.05) is 32.8 Å². The van der Waals surface area contributed by atoms with Crippen molar-refractivity contribution >= 4 is 5.91 Å². The molecule has 2 fully saturated rings. The maximum atomic E-state index is 12.5. The Morgan fingerprint density at radius 2 is 1.88 bits per heavy atom. The highest BCUT2D eigenvalue weighted by Gasteiger charge is 2.41. The molecule has 0 radical (unpaired) electrons. The summed E-state index contributed by atoms with van der Waals surface area (Å²) in [6, 6.07) is 9.89. The van der Waals surface area contributed by atoms with Crippen LogP contribution in [0.15, 0.2) is 30.3 Å². The maximum absolute atomic E-state index is 12.5. The lowest BCUT2D eigenvalue weighted by molar-refractivity contribution is -0.125. The number of benzene rings is 1. The van der Waals surface area contributed by atoms with E-state index in [-0.39, 0.29) is 11.4 Å². The first kappa shape index (κ1) is 18.4. The fourth-order valence-electron chi connectivity index (χ4n) is 4.23. The number of aliphatic hydroxyl groups excluding tert-OH is 1. The summed E-state index contributed by atoms with van der Waals surface area (Å²) in [5.74, 6) is 0.0560. The second-order valence-corrected chi connectivity index (χ2v) is 7.36. The maximum Gasteiger partial charge on any atom is 0.221 e. The third kappa shape index (κ3) is 5.03. The number of amides is 1. The fourth-order valence-corrected chi connectivity index (χ4v) is 4.23. The number of rotatable bonds is 7. The molecule has 138 valence electrons. The van der Waals surface area contributed by atoms with E-state index in [2.05, 4.69) is 10.2 Å². The topological polar surface area (TPSA) is 61.8 Å². The summed E-state index contributed by atoms with van der Waals surface area (Å²) in [6.07, 6.45) is 5.12. The Balaban J connectivity index is 1.48. The lowest BCUT2D eigenvalue weighted by Gasteiger charge is -2.43. The van der Waals surface area contributed by atoms with Crippen molar-refractivity contribution in [1.82, 2.24) is 10.2 Å². The largest absolute Gasteiger partial charge is 0.391 e. The summed E-state index contributed by atoms with van der Waals surface area (Å²) >= 11 is 0. The normalized spacial score (nSPS) is 21.8. The molecule has 0 aromatic heterocycles. The fraction of sp³-hybridized carbons (Fsp3) is 0.650. The zero-order valence-corrected chi connectivity index (χ0v) is 15.0. The predicted molar refractivity (Wildman–Crippen MR) is 97.4 cm³/mol. The van der Waals surface area contributed by atoms with Crippen molar-refractivity contribution < 1.29 is 14.6 Å². The van der Waals surface area contributed by atoms with Gasteiger partial charge in [-0.3, -0.25) is 9.69 Å². The highest BCUT2D eigenvalue weighted by atomic mass is 16.5. The lowest BCUT2D eigenvalue weighted by atomic mass is 9.90. The van der Waals surface area contributed by atoms with Gasteiger partial charge in [0.1, 0.15) is 0 Å². The summed E-state index contributed by atoms with van der Waals surface area (Å²) in [5.41, 5.74) is 1.09. The second kappa shape index (κ2) is 8.79. The molecule has 3 rings (SSSR count). The molecule has 1 heterocycles. The Kier molecular flexibility index (Phi) is 6.45. The number of carbonyl (C=O) groups excluding carboxylic acids is 1. The highest BCUT2D eigenvalue weighted by Crippen LogP contribution is 2.38. The van der Waals surface area contributed by atoms with Crippen molar-refractivity contribution in [2.24, 2.45) is 0 Å². The van der Waals surface area contributed by atoms with Gasteiger partial charge in [-0.1, -0.05) is 43.2 Å². The molecule has 5 nitrogen and oxygen atoms in total. The number of nitrogens with zero attached hydrogens (tertiary/aromatic N) is 1. The zero-order valence-electron chi connectivity index (χ0n) is 15.0. The van der Waals surface area contributed by atoms with Gasteiger partial charge in [0.25, 0.3) is 0 Å². The van der Waals surface area contributed by atoms with Crippen LogP contribution in [0.4, 0.5) is 0 Å². The Labute approximate surface area is 150 Å². The molecular formula is C20H30N2O3. The molecule has 1 amide bonds. The number of nitrogens with one attached hydrogen (secondary N) is 1. The van der Waals surface area contributed by atoms with Gasteiger partial charge in [-0.05, 0) is 18.4 Å². The first-order chi connectivity index (χ1) is 12.2. The van der Waals surface area contributed by atoms with E-state index in [1.54, 1.807) is 0 Å². The van der Waals surface area contributed by atoms with E-state index >= 15 is 0 Å². The smallest absolute Gasteiger partial charge is 0.221 e. The Morgan fingerprint density at radius 1 is 1.20 bits per heavy atom. The van der Waals surface area contributed by atoms with E-state index < -0.39 is 6.10 Å². The van der Waals surface area contributed by atoms with Gasteiger partial charge in [-0.15, -0.1) is 0 Å². The minimum absolute atomic E-state index is 0.00174. The van der Waals surface area contributed by atoms with Crippen LogP contribution >= 0.6 is 0 Å². The average Bonchev–Trinajstić information content (AvgIpc) is 3.11. The van der Waals surface area contributed by atoms with Crippen LogP contribution in [0.5, 0.6) is 0 Å². The van der Waals surface area contributed by atoms with Crippen molar-refractivity contribution in [3.05, 3.63) is 35.9 Å². The van der Waals surface area contributed by atoms with Crippen molar-refractivity contribution in [3.63, 3.8) is 0 Å². The molecule has 1 aliphatic carbocycles. The van der Waals surface area contributed by atoms with E-state index in [0.717, 1.165) is 44.7 Å². The molecule has 1 saturated carbocycles. The van der Waals surface area contributed by atoms with Crippen LogP contribution in [0.3, 0.4) is 0 Å². The Bertz CT molecular complexity index is 537. The molecule has 0 spiro atoms. The summed E-state index contributed by atoms with van der Waals surface area (Å²) < 4.78 is 5.47. The molecule has 2 N–H and O–H groups in total. The Morgan fingerprint density at radius 3 is 2.56 bits per heavy atom. The monoisotopic (exact) mass is 346 g/mol. The minimum atomic E-state index is -0.547. The third-order valence-electron chi connectivity index (χ3n) is 5.55. The van der Waals surface area contributed by atoms with E-state index in [0.29, 0.717) is 19.4 Å². The molecule has 1 aromatic carbocycles. The lowest BCUT2D eigenvalue weighted by Crippen LogP contribution is -2.54. The van der Waals surface area contributed by atoms with Gasteiger partial charge < -0.3 is 15.2 Å². The number of ether oxygens (including phenoxy) is 1. The second-order valence-electron chi connectivity index (χ2n) is 7.36. The van der Waals surface area contributed by atoms with Gasteiger partial charge in [-0.2, -0.15) is 0 Å². The molecule has 5 heteroatoms. The van der Waals surface area contributed by atoms with Crippen LogP contribution in [0.1, 0.15) is 37.7 Å². The van der Waals surface area contributed by atoms with Crippen LogP contribution in [0, 0.1) is 0 Å². The van der Waals surface area contributed by atoms with Crippen LogP contribution in [0.2, 0.25) is 0 Å². The molecule has 2 aliphatic rings. The molecule has 1 saturated heterocycles. The van der Waals surface area contributed by atoms with Gasteiger partial charge in [0.05, 0.1) is 19.3 Å². The van der Waals surface area contributed by atoms with E-state index in [4.69, 9.17) is 4.74 Å². The van der Waals surface area contributed by atoms with Gasteiger partial charge >= 0.3 is 0 Å². The molecule has 25 heavy (non-hydrogen) atoms. The number of aliphatic hydroxyl groups is 1. The summed E-state index contributed by atoms with van der Waals surface area (Å²) in [4.78, 5) is 15.0. The van der Waals surface area contributed by atoms with Crippen molar-refractivity contribution in [1.29, 1.82) is 0 Å². The van der Waals surface area contributed by atoms with Crippen LogP contribution in [-0.4, -0.2) is 60.4 Å². The van der Waals surface area contributed by atoms with Crippen LogP contribution in [0.25, 0.3) is 0 Å². The number of carbonyl (C=O) groups is 1.